The molecule has 1 aliphatic carbocycles. The van der Waals surface area contributed by atoms with Crippen molar-refractivity contribution in [3.63, 3.8) is 0 Å². The van der Waals surface area contributed by atoms with Crippen molar-refractivity contribution in [2.75, 3.05) is 31.5 Å². The molecule has 1 saturated carbocycles. The molecule has 9 nitrogen and oxygen atoms in total. The highest BCUT2D eigenvalue weighted by Gasteiger charge is 2.36. The second-order valence-electron chi connectivity index (χ2n) is 10.3. The lowest BCUT2D eigenvalue weighted by Gasteiger charge is -2.37. The third-order valence-corrected chi connectivity index (χ3v) is 7.71. The summed E-state index contributed by atoms with van der Waals surface area (Å²) in [5.41, 5.74) is 4.03. The van der Waals surface area contributed by atoms with E-state index in [0.29, 0.717) is 11.6 Å². The van der Waals surface area contributed by atoms with Gasteiger partial charge in [-0.05, 0) is 89.0 Å². The molecule has 2 heterocycles. The van der Waals surface area contributed by atoms with Gasteiger partial charge in [-0.15, -0.1) is 0 Å². The molecule has 1 aromatic heterocycles. The molecule has 2 aromatic rings. The molecule has 4 rings (SSSR count). The van der Waals surface area contributed by atoms with Gasteiger partial charge >= 0.3 is 0 Å². The van der Waals surface area contributed by atoms with E-state index in [2.05, 4.69) is 16.6 Å². The van der Waals surface area contributed by atoms with Crippen LogP contribution in [-0.2, 0) is 21.2 Å². The molecule has 2 aliphatic rings. The van der Waals surface area contributed by atoms with E-state index >= 15 is 0 Å². The van der Waals surface area contributed by atoms with Crippen LogP contribution in [0.4, 0.5) is 5.69 Å². The fraction of sp³-hybridized carbons (Fsp3) is 0.593. The van der Waals surface area contributed by atoms with Crippen LogP contribution >= 0.6 is 0 Å². The van der Waals surface area contributed by atoms with Crippen molar-refractivity contribution in [2.24, 2.45) is 0 Å². The second-order valence-corrected chi connectivity index (χ2v) is 12.1. The molecule has 204 valence electrons. The molecule has 1 unspecified atom stereocenters. The fourth-order valence-electron chi connectivity index (χ4n) is 4.98. The predicted molar refractivity (Wildman–Crippen MR) is 142 cm³/mol. The number of hydrogen-bond donors (Lipinski definition) is 1. The molecular weight excluding hydrogens is 496 g/mol. The molecule has 1 atom stereocenters. The van der Waals surface area contributed by atoms with Crippen LogP contribution in [0.15, 0.2) is 12.1 Å². The van der Waals surface area contributed by atoms with E-state index in [9.17, 15) is 8.42 Å². The molecule has 1 aliphatic heterocycles. The van der Waals surface area contributed by atoms with Gasteiger partial charge in [-0.25, -0.2) is 8.42 Å². The summed E-state index contributed by atoms with van der Waals surface area (Å²) in [7, 11) is -1.87. The zero-order valence-corrected chi connectivity index (χ0v) is 23.4. The monoisotopic (exact) mass is 534 g/mol. The SMILES string of the molecule is COCOc1c(C)c(C)c2c(c1C)CCC(C)(COc1ccc(NS(C)(=O)=O)c(OC3CCCC3)n1)O2. The molecule has 1 aromatic carbocycles. The van der Waals surface area contributed by atoms with Crippen molar-refractivity contribution in [1.82, 2.24) is 4.98 Å². The Morgan fingerprint density at radius 3 is 2.51 bits per heavy atom. The molecule has 0 spiro atoms. The van der Waals surface area contributed by atoms with Gasteiger partial charge in [0.15, 0.2) is 6.79 Å². The van der Waals surface area contributed by atoms with Crippen LogP contribution in [0.2, 0.25) is 0 Å². The quantitative estimate of drug-likeness (QED) is 0.432. The van der Waals surface area contributed by atoms with Gasteiger partial charge in [-0.3, -0.25) is 4.72 Å². The molecule has 10 heteroatoms. The third-order valence-electron chi connectivity index (χ3n) is 7.12. The van der Waals surface area contributed by atoms with E-state index in [1.807, 2.05) is 20.8 Å². The van der Waals surface area contributed by atoms with Gasteiger partial charge in [0.25, 0.3) is 0 Å². The highest BCUT2D eigenvalue weighted by atomic mass is 32.2. The molecule has 37 heavy (non-hydrogen) atoms. The van der Waals surface area contributed by atoms with E-state index < -0.39 is 15.6 Å². The molecule has 1 fully saturated rings. The van der Waals surface area contributed by atoms with Gasteiger partial charge in [0, 0.05) is 18.7 Å². The first kappa shape index (κ1) is 27.3. The van der Waals surface area contributed by atoms with E-state index in [1.54, 1.807) is 19.2 Å². The molecule has 0 bridgehead atoms. The Hall–Kier alpha value is -2.72. The Labute approximate surface area is 219 Å². The maximum Gasteiger partial charge on any atom is 0.241 e. The van der Waals surface area contributed by atoms with Crippen molar-refractivity contribution >= 4 is 15.7 Å². The summed E-state index contributed by atoms with van der Waals surface area (Å²) in [6.07, 6.45) is 6.73. The first-order valence-corrected chi connectivity index (χ1v) is 14.6. The number of nitrogens with one attached hydrogen (secondary N) is 1. The van der Waals surface area contributed by atoms with Gasteiger partial charge in [0.05, 0.1) is 6.26 Å². The van der Waals surface area contributed by atoms with Gasteiger partial charge in [0.1, 0.15) is 35.5 Å². The summed E-state index contributed by atoms with van der Waals surface area (Å²) in [6.45, 7) is 8.64. The number of pyridine rings is 1. The standard InChI is InChI=1S/C27H38N2O7S/c1-17-18(2)25-21(19(3)24(17)34-16-32-5)13-14-27(4,36-25)15-33-23-12-11-22(29-37(6,30)31)26(28-23)35-20-9-7-8-10-20/h11-12,20,29H,7-10,13-16H2,1-6H3. The van der Waals surface area contributed by atoms with Crippen molar-refractivity contribution in [1.29, 1.82) is 0 Å². The maximum absolute atomic E-state index is 11.8. The van der Waals surface area contributed by atoms with E-state index in [-0.39, 0.29) is 25.4 Å². The van der Waals surface area contributed by atoms with E-state index in [4.69, 9.17) is 23.7 Å². The molecular formula is C27H38N2O7S. The summed E-state index contributed by atoms with van der Waals surface area (Å²) in [5, 5.41) is 0. The molecule has 0 amide bonds. The number of methoxy groups -OCH3 is 1. The number of fused-ring (bicyclic) bond motifs is 1. The lowest BCUT2D eigenvalue weighted by atomic mass is 9.87. The van der Waals surface area contributed by atoms with Gasteiger partial charge in [-0.1, -0.05) is 0 Å². The number of benzene rings is 1. The van der Waals surface area contributed by atoms with Gasteiger partial charge in [0.2, 0.25) is 21.8 Å². The summed E-state index contributed by atoms with van der Waals surface area (Å²) < 4.78 is 55.9. The second kappa shape index (κ2) is 10.9. The Morgan fingerprint density at radius 2 is 1.84 bits per heavy atom. The minimum absolute atomic E-state index is 0.0192. The zero-order chi connectivity index (χ0) is 26.8. The largest absolute Gasteiger partial charge is 0.483 e. The van der Waals surface area contributed by atoms with Crippen LogP contribution in [0.1, 0.15) is 61.3 Å². The van der Waals surface area contributed by atoms with Gasteiger partial charge < -0.3 is 23.7 Å². The Balaban J connectivity index is 1.52. The predicted octanol–water partition coefficient (Wildman–Crippen LogP) is 4.85. The minimum Gasteiger partial charge on any atom is -0.483 e. The number of ether oxygens (including phenoxy) is 5. The lowest BCUT2D eigenvalue weighted by Crippen LogP contribution is -2.42. The zero-order valence-electron chi connectivity index (χ0n) is 22.6. The average Bonchev–Trinajstić information content (AvgIpc) is 3.35. The smallest absolute Gasteiger partial charge is 0.241 e. The van der Waals surface area contributed by atoms with Crippen LogP contribution in [0.25, 0.3) is 0 Å². The van der Waals surface area contributed by atoms with E-state index in [1.165, 1.54) is 0 Å². The van der Waals surface area contributed by atoms with Crippen LogP contribution in [-0.4, -0.2) is 51.9 Å². The lowest BCUT2D eigenvalue weighted by molar-refractivity contribution is 0.0143. The van der Waals surface area contributed by atoms with Crippen LogP contribution in [0.3, 0.4) is 0 Å². The van der Waals surface area contributed by atoms with Crippen molar-refractivity contribution in [3.8, 4) is 23.3 Å². The van der Waals surface area contributed by atoms with Crippen molar-refractivity contribution in [3.05, 3.63) is 34.4 Å². The normalized spacial score (nSPS) is 19.7. The number of anilines is 1. The highest BCUT2D eigenvalue weighted by molar-refractivity contribution is 7.92. The Morgan fingerprint density at radius 1 is 1.11 bits per heavy atom. The first-order valence-electron chi connectivity index (χ1n) is 12.7. The van der Waals surface area contributed by atoms with E-state index in [0.717, 1.165) is 78.5 Å². The van der Waals surface area contributed by atoms with Crippen molar-refractivity contribution in [2.45, 2.75) is 77.9 Å². The topological polar surface area (TPSA) is 105 Å². The molecule has 0 saturated heterocycles. The molecule has 1 N–H and O–H groups in total. The fourth-order valence-corrected chi connectivity index (χ4v) is 5.53. The van der Waals surface area contributed by atoms with Crippen LogP contribution in [0, 0.1) is 20.8 Å². The minimum atomic E-state index is -3.48. The summed E-state index contributed by atoms with van der Waals surface area (Å²) in [6, 6.07) is 3.28. The average molecular weight is 535 g/mol. The number of rotatable bonds is 10. The number of sulfonamides is 1. The Bertz CT molecular complexity index is 1240. The van der Waals surface area contributed by atoms with Gasteiger partial charge in [-0.2, -0.15) is 4.98 Å². The maximum atomic E-state index is 11.8. The molecule has 0 radical (unpaired) electrons. The Kier molecular flexibility index (Phi) is 8.08. The van der Waals surface area contributed by atoms with Crippen LogP contribution in [0.5, 0.6) is 23.3 Å². The number of nitrogens with zero attached hydrogens (tertiary/aromatic N) is 1. The highest BCUT2D eigenvalue weighted by Crippen LogP contribution is 2.44. The number of hydrogen-bond acceptors (Lipinski definition) is 8. The summed E-state index contributed by atoms with van der Waals surface area (Å²) in [4.78, 5) is 4.51. The van der Waals surface area contributed by atoms with Crippen molar-refractivity contribution < 1.29 is 32.1 Å². The van der Waals surface area contributed by atoms with Crippen LogP contribution < -0.4 is 23.7 Å². The summed E-state index contributed by atoms with van der Waals surface area (Å²) in [5.74, 6) is 2.32. The number of aromatic nitrogens is 1. The first-order chi connectivity index (χ1) is 17.5. The summed E-state index contributed by atoms with van der Waals surface area (Å²) >= 11 is 0. The third kappa shape index (κ3) is 6.41.